The van der Waals surface area contributed by atoms with E-state index in [1.54, 1.807) is 0 Å². The van der Waals surface area contributed by atoms with E-state index in [4.69, 9.17) is 0 Å². The van der Waals surface area contributed by atoms with Crippen LogP contribution in [0.3, 0.4) is 0 Å². The Morgan fingerprint density at radius 3 is 1.38 bits per heavy atom. The lowest BCUT2D eigenvalue weighted by Gasteiger charge is -1.94. The molecule has 0 aliphatic carbocycles. The average molecular weight is 348 g/mol. The van der Waals surface area contributed by atoms with Gasteiger partial charge in [0.15, 0.2) is 14.3 Å². The summed E-state index contributed by atoms with van der Waals surface area (Å²) < 4.78 is 41.9. The summed E-state index contributed by atoms with van der Waals surface area (Å²) in [7, 11) is -5.94. The van der Waals surface area contributed by atoms with E-state index in [-0.39, 0.29) is 10.5 Å². The smallest absolute Gasteiger partial charge is 0.418 e. The molecule has 0 aliphatic heterocycles. The lowest BCUT2D eigenvalue weighted by Crippen LogP contribution is -2.02. The number of rotatable bonds is 1. The highest BCUT2D eigenvalue weighted by Crippen LogP contribution is 2.47. The lowest BCUT2D eigenvalue weighted by molar-refractivity contribution is 0.368. The first-order chi connectivity index (χ1) is 11.4. The maximum Gasteiger partial charge on any atom is 0.673 e. The third-order valence-corrected chi connectivity index (χ3v) is 5.82. The Morgan fingerprint density at radius 2 is 0.917 bits per heavy atom. The van der Waals surface area contributed by atoms with Gasteiger partial charge in [-0.15, -0.1) is 0 Å². The van der Waals surface area contributed by atoms with Crippen molar-refractivity contribution in [3.8, 4) is 4.90 Å². The van der Waals surface area contributed by atoms with Crippen molar-refractivity contribution in [3.63, 3.8) is 0 Å². The van der Waals surface area contributed by atoms with Crippen molar-refractivity contribution < 1.29 is 17.3 Å². The molecular weight excluding hydrogens is 335 g/mol. The van der Waals surface area contributed by atoms with Gasteiger partial charge in [-0.3, -0.25) is 0 Å². The van der Waals surface area contributed by atoms with E-state index in [1.165, 1.54) is 25.1 Å². The van der Waals surface area contributed by atoms with Crippen molar-refractivity contribution in [2.24, 2.45) is 0 Å². The monoisotopic (exact) mass is 348 g/mol. The number of benzene rings is 3. The minimum atomic E-state index is -6.00. The Bertz CT molecular complexity index is 902. The zero-order chi connectivity index (χ0) is 17.2. The number of hydrogen-bond donors (Lipinski definition) is 0. The van der Waals surface area contributed by atoms with Crippen molar-refractivity contribution in [2.75, 3.05) is 0 Å². The molecule has 0 nitrogen and oxygen atoms in total. The number of hydrogen-bond acceptors (Lipinski definition) is 0. The highest BCUT2D eigenvalue weighted by Gasteiger charge is 2.22. The standard InChI is InChI=1S/C18H13S.BF4/c1-2-8-14(9-3-1)19-17-12-6-4-10-15(17)16-11-5-7-13-18(16)19;2-1(3,4)5/h1-13H;/q+1;-1. The second kappa shape index (κ2) is 6.65. The molecule has 122 valence electrons. The Kier molecular flexibility index (Phi) is 4.58. The van der Waals surface area contributed by atoms with E-state index in [1.807, 2.05) is 0 Å². The molecule has 24 heavy (non-hydrogen) atoms. The largest absolute Gasteiger partial charge is 0.673 e. The quantitative estimate of drug-likeness (QED) is 0.197. The lowest BCUT2D eigenvalue weighted by atomic mass is 10.2. The fraction of sp³-hybridized carbons (Fsp3) is 0. The molecule has 0 unspecified atom stereocenters. The molecule has 0 spiro atoms. The van der Waals surface area contributed by atoms with Crippen LogP contribution in [0.15, 0.2) is 78.9 Å². The van der Waals surface area contributed by atoms with Crippen LogP contribution in [-0.2, 0) is 0 Å². The van der Waals surface area contributed by atoms with Crippen LogP contribution >= 0.6 is 10.5 Å². The Balaban J connectivity index is 0.000000300. The molecule has 1 heterocycles. The first-order valence-electron chi connectivity index (χ1n) is 7.30. The minimum absolute atomic E-state index is 0.0594. The summed E-state index contributed by atoms with van der Waals surface area (Å²) in [6.07, 6.45) is 0. The van der Waals surface area contributed by atoms with Gasteiger partial charge >= 0.3 is 7.25 Å². The third-order valence-electron chi connectivity index (χ3n) is 3.48. The summed E-state index contributed by atoms with van der Waals surface area (Å²) in [5, 5.41) is 2.79. The highest BCUT2D eigenvalue weighted by molar-refractivity contribution is 7.50. The second-order valence-electron chi connectivity index (χ2n) is 5.11. The van der Waals surface area contributed by atoms with Crippen molar-refractivity contribution in [3.05, 3.63) is 78.9 Å². The van der Waals surface area contributed by atoms with Gasteiger partial charge in [-0.25, -0.2) is 0 Å². The average Bonchev–Trinajstić information content (AvgIpc) is 2.89. The molecule has 0 N–H and O–H groups in total. The van der Waals surface area contributed by atoms with E-state index in [0.717, 1.165) is 0 Å². The number of thiophene rings is 1. The molecule has 0 radical (unpaired) electrons. The van der Waals surface area contributed by atoms with Gasteiger partial charge in [-0.2, -0.15) is 0 Å². The van der Waals surface area contributed by atoms with E-state index in [9.17, 15) is 17.3 Å². The molecule has 0 bridgehead atoms. The predicted molar refractivity (Wildman–Crippen MR) is 95.5 cm³/mol. The third kappa shape index (κ3) is 3.59. The van der Waals surface area contributed by atoms with Crippen molar-refractivity contribution >= 4 is 37.9 Å². The van der Waals surface area contributed by atoms with Crippen molar-refractivity contribution in [1.82, 2.24) is 0 Å². The summed E-state index contributed by atoms with van der Waals surface area (Å²) >= 11 is 0. The molecule has 0 atom stereocenters. The molecule has 0 saturated carbocycles. The SMILES string of the molecule is F[B-](F)(F)F.c1ccc(-[s+]2c3ccccc3c3ccccc32)cc1. The summed E-state index contributed by atoms with van der Waals surface area (Å²) in [6, 6.07) is 28.4. The summed E-state index contributed by atoms with van der Waals surface area (Å²) in [5.41, 5.74) is 0. The summed E-state index contributed by atoms with van der Waals surface area (Å²) in [4.78, 5) is 1.40. The van der Waals surface area contributed by atoms with E-state index in [2.05, 4.69) is 78.9 Å². The van der Waals surface area contributed by atoms with Crippen molar-refractivity contribution in [2.45, 2.75) is 0 Å². The van der Waals surface area contributed by atoms with Crippen LogP contribution in [0.5, 0.6) is 0 Å². The van der Waals surface area contributed by atoms with Gasteiger partial charge in [-0.1, -0.05) is 42.5 Å². The van der Waals surface area contributed by atoms with E-state index in [0.29, 0.717) is 0 Å². The van der Waals surface area contributed by atoms with Gasteiger partial charge in [0.25, 0.3) is 0 Å². The first kappa shape index (κ1) is 16.5. The molecule has 6 heteroatoms. The summed E-state index contributed by atoms with van der Waals surface area (Å²) in [5.74, 6) is 0. The number of halogens is 4. The van der Waals surface area contributed by atoms with Gasteiger partial charge in [0.05, 0.1) is 0 Å². The van der Waals surface area contributed by atoms with Gasteiger partial charge < -0.3 is 17.3 Å². The number of fused-ring (bicyclic) bond motifs is 3. The molecule has 1 aromatic heterocycles. The molecular formula is C18H13BF4S. The van der Waals surface area contributed by atoms with Crippen LogP contribution in [0.1, 0.15) is 0 Å². The van der Waals surface area contributed by atoms with E-state index < -0.39 is 7.25 Å². The predicted octanol–water partition coefficient (Wildman–Crippen LogP) is 7.03. The highest BCUT2D eigenvalue weighted by atomic mass is 32.2. The van der Waals surface area contributed by atoms with Crippen LogP contribution in [0.25, 0.3) is 25.1 Å². The molecule has 0 fully saturated rings. The topological polar surface area (TPSA) is 0 Å². The Labute approximate surface area is 139 Å². The first-order valence-corrected chi connectivity index (χ1v) is 8.53. The zero-order valence-electron chi connectivity index (χ0n) is 12.5. The van der Waals surface area contributed by atoms with Crippen LogP contribution in [0.4, 0.5) is 17.3 Å². The fourth-order valence-electron chi connectivity index (χ4n) is 2.66. The Morgan fingerprint density at radius 1 is 0.542 bits per heavy atom. The fourth-order valence-corrected chi connectivity index (χ4v) is 5.06. The second-order valence-corrected chi connectivity index (χ2v) is 7.07. The van der Waals surface area contributed by atoms with Gasteiger partial charge in [-0.05, 0) is 36.4 Å². The molecule has 4 aromatic rings. The van der Waals surface area contributed by atoms with Gasteiger partial charge in [0.1, 0.15) is 0 Å². The molecule has 0 saturated heterocycles. The van der Waals surface area contributed by atoms with Crippen LogP contribution in [-0.4, -0.2) is 7.25 Å². The van der Waals surface area contributed by atoms with E-state index >= 15 is 0 Å². The minimum Gasteiger partial charge on any atom is -0.418 e. The van der Waals surface area contributed by atoms with Crippen LogP contribution < -0.4 is 0 Å². The van der Waals surface area contributed by atoms with Gasteiger partial charge in [0.2, 0.25) is 0 Å². The Hall–Kier alpha value is -2.34. The molecule has 4 rings (SSSR count). The molecule has 0 amide bonds. The maximum absolute atomic E-state index is 9.75. The van der Waals surface area contributed by atoms with Crippen LogP contribution in [0, 0.1) is 0 Å². The van der Waals surface area contributed by atoms with Crippen molar-refractivity contribution in [1.29, 1.82) is 0 Å². The molecule has 0 aliphatic rings. The maximum atomic E-state index is 9.75. The van der Waals surface area contributed by atoms with Gasteiger partial charge in [0, 0.05) is 21.2 Å². The molecule has 3 aromatic carbocycles. The summed E-state index contributed by atoms with van der Waals surface area (Å²) in [6.45, 7) is 0. The zero-order valence-corrected chi connectivity index (χ0v) is 13.3. The van der Waals surface area contributed by atoms with Crippen LogP contribution in [0.2, 0.25) is 0 Å². The normalized spacial score (nSPS) is 11.3.